The van der Waals surface area contributed by atoms with E-state index in [4.69, 9.17) is 17.2 Å². The first-order chi connectivity index (χ1) is 59.3. The molecule has 2 aliphatic heterocycles. The highest BCUT2D eigenvalue weighted by atomic mass is 31.2. The molecule has 698 valence electrons. The maximum Gasteiger partial charge on any atom is 0.469 e. The standard InChI is InChI=1S/C80H121N18O27P/c1-41(2)31-52(69(109)90-55(35-46-37-84-48-20-12-11-19-47(46)48)72(112)85-49(21-13-14-28-81)66(106)93-57(80(120)121)33-43(5)6)88-73(113)56(36-65(104)105)91-75(115)59(39-100)95-71(111)54(34-45-17-9-8-10-18-45)89-76(116)60(40-125-126(122,123)124)96-68(108)51(25-27-64(102)103)86-67(107)50(24-26-63(83)101)87-74(114)58(38-99)94-70(110)53(32-42(3)4)92-77(117)61-22-15-29-97(61)79(119)62-23-16-30-98(62)78(118)44(7)82/h8-12,17-20,37,41-44,49-62,84,99-100H,13-16,21-36,38-40,81-82H2,1-7H3,(H2,83,101)(H,85,112)(H,86,107)(H,87,114)(H,88,113)(H,89,116)(H,90,109)(H,91,115)(H,92,117)(H,93,106)(H,94,110)(H,95,111)(H,96,108)(H,102,103)(H,104,105)(H,120,121)(H2,122,123,124)/t44-,49-,50-,51-,52-,53-,54-,55-,56-,57-,58-,59-,60-,61-,62-/m0/s1. The number of nitrogens with two attached hydrogens (primary N) is 3. The van der Waals surface area contributed by atoms with Gasteiger partial charge in [-0.15, -0.1) is 0 Å². The number of aliphatic carboxylic acids is 3. The van der Waals surface area contributed by atoms with E-state index in [1.807, 2.05) is 0 Å². The first-order valence-electron chi connectivity index (χ1n) is 41.5. The van der Waals surface area contributed by atoms with Crippen molar-refractivity contribution < 1.29 is 131 Å². The number of hydrogen-bond acceptors (Lipinski definition) is 24. The summed E-state index contributed by atoms with van der Waals surface area (Å²) in [6, 6.07) is -10.5. The Kier molecular flexibility index (Phi) is 42.6. The molecule has 46 heteroatoms. The van der Waals surface area contributed by atoms with Crippen molar-refractivity contribution in [2.24, 2.45) is 35.0 Å². The van der Waals surface area contributed by atoms with E-state index < -0.39 is 269 Å². The number of phosphoric acid groups is 1. The number of likely N-dealkylation sites (tertiary alicyclic amines) is 2. The van der Waals surface area contributed by atoms with Crippen molar-refractivity contribution in [2.45, 2.75) is 248 Å². The molecule has 26 N–H and O–H groups in total. The van der Waals surface area contributed by atoms with Gasteiger partial charge in [-0.3, -0.25) is 86.0 Å². The lowest BCUT2D eigenvalue weighted by molar-refractivity contribution is -0.147. The largest absolute Gasteiger partial charge is 0.481 e. The van der Waals surface area contributed by atoms with Gasteiger partial charge in [-0.25, -0.2) is 9.36 Å². The van der Waals surface area contributed by atoms with Crippen LogP contribution in [0.2, 0.25) is 0 Å². The maximum absolute atomic E-state index is 14.7. The quantitative estimate of drug-likeness (QED) is 0.0186. The number of aromatic nitrogens is 1. The van der Waals surface area contributed by atoms with Gasteiger partial charge in [0.1, 0.15) is 84.6 Å². The van der Waals surface area contributed by atoms with E-state index in [1.54, 1.807) is 78.1 Å². The number of carbonyl (C=O) groups is 18. The summed E-state index contributed by atoms with van der Waals surface area (Å²) in [7, 11) is -5.64. The molecule has 3 heterocycles. The van der Waals surface area contributed by atoms with Crippen molar-refractivity contribution >= 4 is 125 Å². The van der Waals surface area contributed by atoms with Gasteiger partial charge in [0.25, 0.3) is 0 Å². The van der Waals surface area contributed by atoms with Gasteiger partial charge < -0.3 is 131 Å². The predicted octanol–water partition coefficient (Wildman–Crippen LogP) is -4.85. The average Bonchev–Trinajstić information content (AvgIpc) is 1.65. The Morgan fingerprint density at radius 2 is 0.889 bits per heavy atom. The molecule has 2 aromatic carbocycles. The zero-order chi connectivity index (χ0) is 94.0. The number of nitrogens with zero attached hydrogens (tertiary/aromatic N) is 2. The second-order valence-electron chi connectivity index (χ2n) is 32.4. The van der Waals surface area contributed by atoms with Crippen LogP contribution in [0.1, 0.15) is 156 Å². The second kappa shape index (κ2) is 51.1. The van der Waals surface area contributed by atoms with Crippen LogP contribution in [0, 0.1) is 17.8 Å². The average molecular weight is 1800 g/mol. The Bertz CT molecular complexity index is 4360. The topological polar surface area (TPSA) is 720 Å². The number of primary amides is 1. The second-order valence-corrected chi connectivity index (χ2v) is 33.6. The number of rotatable bonds is 54. The fraction of sp³-hybridized carbons (Fsp3) is 0.600. The van der Waals surface area contributed by atoms with Gasteiger partial charge in [-0.1, -0.05) is 90.1 Å². The molecule has 2 fully saturated rings. The maximum atomic E-state index is 14.7. The number of carboxylic acid groups (broad SMARTS) is 3. The number of benzene rings is 2. The number of para-hydroxylation sites is 1. The summed E-state index contributed by atoms with van der Waals surface area (Å²) in [5.74, 6) is -22.1. The summed E-state index contributed by atoms with van der Waals surface area (Å²) in [6.07, 6.45) is -1.88. The van der Waals surface area contributed by atoms with Crippen molar-refractivity contribution in [3.8, 4) is 0 Å². The lowest BCUT2D eigenvalue weighted by atomic mass is 9.99. The third kappa shape index (κ3) is 34.4. The molecule has 5 rings (SSSR count). The molecule has 0 bridgehead atoms. The third-order valence-electron chi connectivity index (χ3n) is 20.6. The molecule has 0 saturated carbocycles. The van der Waals surface area contributed by atoms with Crippen molar-refractivity contribution in [3.63, 3.8) is 0 Å². The molecule has 126 heavy (non-hydrogen) atoms. The zero-order valence-electron chi connectivity index (χ0n) is 71.3. The van der Waals surface area contributed by atoms with Crippen LogP contribution in [-0.4, -0.2) is 287 Å². The van der Waals surface area contributed by atoms with Gasteiger partial charge in [-0.2, -0.15) is 0 Å². The molecule has 15 amide bonds. The molecular formula is C80H121N18O27P. The molecule has 1 aromatic heterocycles. The van der Waals surface area contributed by atoms with E-state index in [-0.39, 0.29) is 75.6 Å². The minimum Gasteiger partial charge on any atom is -0.481 e. The molecule has 15 atom stereocenters. The first kappa shape index (κ1) is 105. The highest BCUT2D eigenvalue weighted by Gasteiger charge is 2.45. The number of carboxylic acids is 3. The number of hydrogen-bond donors (Lipinski definition) is 23. The molecular weight excluding hydrogens is 1680 g/mol. The smallest absolute Gasteiger partial charge is 0.469 e. The summed E-state index contributed by atoms with van der Waals surface area (Å²) in [5, 5.41) is 80.0. The normalized spacial score (nSPS) is 17.0. The van der Waals surface area contributed by atoms with Crippen LogP contribution in [0.3, 0.4) is 0 Å². The number of aromatic amines is 1. The fourth-order valence-corrected chi connectivity index (χ4v) is 14.5. The van der Waals surface area contributed by atoms with Gasteiger partial charge in [0.05, 0.1) is 32.3 Å². The first-order valence-corrected chi connectivity index (χ1v) is 43.0. The Labute approximate surface area is 726 Å². The number of phosphoric ester groups is 1. The number of carbonyl (C=O) groups excluding carboxylic acids is 15. The number of amides is 15. The van der Waals surface area contributed by atoms with E-state index in [0.717, 1.165) is 0 Å². The van der Waals surface area contributed by atoms with Crippen LogP contribution in [0.5, 0.6) is 0 Å². The van der Waals surface area contributed by atoms with Crippen molar-refractivity contribution in [1.82, 2.24) is 78.6 Å². The Morgan fingerprint density at radius 3 is 1.39 bits per heavy atom. The van der Waals surface area contributed by atoms with Gasteiger partial charge in [0, 0.05) is 55.9 Å². The van der Waals surface area contributed by atoms with Crippen LogP contribution in [0.25, 0.3) is 10.9 Å². The van der Waals surface area contributed by atoms with Crippen molar-refractivity contribution in [3.05, 3.63) is 71.9 Å². The number of H-pyrrole nitrogens is 1. The predicted molar refractivity (Wildman–Crippen MR) is 447 cm³/mol. The Hall–Kier alpha value is -11.6. The summed E-state index contributed by atoms with van der Waals surface area (Å²) in [5.41, 5.74) is 18.4. The van der Waals surface area contributed by atoms with E-state index in [9.17, 15) is 126 Å². The molecule has 0 aliphatic carbocycles. The van der Waals surface area contributed by atoms with Crippen LogP contribution in [0.4, 0.5) is 0 Å². The van der Waals surface area contributed by atoms with Crippen LogP contribution in [0.15, 0.2) is 60.8 Å². The summed E-state index contributed by atoms with van der Waals surface area (Å²) >= 11 is 0. The van der Waals surface area contributed by atoms with Crippen molar-refractivity contribution in [1.29, 1.82) is 0 Å². The third-order valence-corrected chi connectivity index (χ3v) is 21.0. The minimum atomic E-state index is -5.64. The van der Waals surface area contributed by atoms with Gasteiger partial charge in [0.15, 0.2) is 0 Å². The minimum absolute atomic E-state index is 0.0197. The summed E-state index contributed by atoms with van der Waals surface area (Å²) in [6.45, 7) is 8.28. The number of aliphatic hydroxyl groups is 2. The summed E-state index contributed by atoms with van der Waals surface area (Å²) < 4.78 is 16.9. The molecule has 2 aliphatic rings. The van der Waals surface area contributed by atoms with E-state index in [0.29, 0.717) is 48.6 Å². The molecule has 0 radical (unpaired) electrons. The Morgan fingerprint density at radius 1 is 0.476 bits per heavy atom. The molecule has 45 nitrogen and oxygen atoms in total. The molecule has 0 unspecified atom stereocenters. The van der Waals surface area contributed by atoms with Crippen LogP contribution in [-0.2, 0) is 108 Å². The summed E-state index contributed by atoms with van der Waals surface area (Å²) in [4.78, 5) is 274. The van der Waals surface area contributed by atoms with E-state index >= 15 is 0 Å². The molecule has 3 aromatic rings. The van der Waals surface area contributed by atoms with Crippen molar-refractivity contribution in [2.75, 3.05) is 39.5 Å². The highest BCUT2D eigenvalue weighted by Crippen LogP contribution is 2.36. The number of fused-ring (bicyclic) bond motifs is 1. The lowest BCUT2D eigenvalue weighted by Crippen LogP contribution is -2.62. The van der Waals surface area contributed by atoms with Crippen LogP contribution < -0.4 is 81.0 Å². The van der Waals surface area contributed by atoms with Gasteiger partial charge in [-0.05, 0) is 125 Å². The monoisotopic (exact) mass is 1800 g/mol. The molecule has 0 spiro atoms. The number of aliphatic hydroxyl groups excluding tert-OH is 2. The highest BCUT2D eigenvalue weighted by molar-refractivity contribution is 7.46. The van der Waals surface area contributed by atoms with E-state index in [1.165, 1.54) is 41.0 Å². The van der Waals surface area contributed by atoms with Gasteiger partial charge in [0.2, 0.25) is 88.6 Å². The number of unbranched alkanes of at least 4 members (excludes halogenated alkanes) is 1. The Balaban J connectivity index is 1.38. The van der Waals surface area contributed by atoms with Crippen LogP contribution >= 0.6 is 7.82 Å². The fourth-order valence-electron chi connectivity index (χ4n) is 14.2. The SMILES string of the molecule is CC(C)C[C@H](NC(=O)[C@H](CCCCN)NC(=O)[C@H](Cc1c[nH]c2ccccc12)NC(=O)[C@H](CC(C)C)NC(=O)[C@H](CC(=O)O)NC(=O)[C@H](CO)NC(=O)[C@H](Cc1ccccc1)NC(=O)[C@H](COP(=O)(O)O)NC(=O)[C@H](CCC(=O)O)NC(=O)[C@H](CCC(N)=O)NC(=O)[C@H](CO)NC(=O)[C@H](CC(C)C)NC(=O)[C@@H]1CCCN1C(=O)[C@@H]1CCCN1C(=O)[C@H](C)N)C(=O)O. The molecule has 2 saturated heterocycles. The van der Waals surface area contributed by atoms with Gasteiger partial charge >= 0.3 is 25.7 Å². The lowest BCUT2D eigenvalue weighted by Gasteiger charge is -2.32. The van der Waals surface area contributed by atoms with E-state index in [2.05, 4.69) is 73.3 Å². The number of nitrogens with one attached hydrogen (secondary N) is 13. The zero-order valence-corrected chi connectivity index (χ0v) is 72.2.